The summed E-state index contributed by atoms with van der Waals surface area (Å²) in [5.74, 6) is 0.130. The third-order valence-electron chi connectivity index (χ3n) is 3.95. The first-order chi connectivity index (χ1) is 7.95. The Morgan fingerprint density at radius 2 is 2.18 bits per heavy atom. The van der Waals surface area contributed by atoms with Gasteiger partial charge in [0.2, 0.25) is 5.91 Å². The molecule has 0 aromatic carbocycles. The Balaban J connectivity index is 2.39. The number of carbonyl (C=O) groups excluding carboxylic acids is 1. The Morgan fingerprint density at radius 3 is 2.76 bits per heavy atom. The Hall–Kier alpha value is -0.570. The quantitative estimate of drug-likeness (QED) is 0.776. The molecule has 0 aliphatic heterocycles. The highest BCUT2D eigenvalue weighted by Crippen LogP contribution is 2.35. The molecule has 1 amide bonds. The van der Waals surface area contributed by atoms with Gasteiger partial charge in [0.25, 0.3) is 0 Å². The minimum Gasteiger partial charge on any atom is -0.353 e. The Labute approximate surface area is 106 Å². The van der Waals surface area contributed by atoms with E-state index in [1.165, 1.54) is 19.3 Å². The first-order valence-electron chi connectivity index (χ1n) is 7.00. The molecule has 1 saturated carbocycles. The van der Waals surface area contributed by atoms with Crippen LogP contribution in [0, 0.1) is 5.41 Å². The minimum atomic E-state index is 0.0201. The van der Waals surface area contributed by atoms with Gasteiger partial charge >= 0.3 is 0 Å². The molecule has 17 heavy (non-hydrogen) atoms. The van der Waals surface area contributed by atoms with Crippen LogP contribution >= 0.6 is 0 Å². The van der Waals surface area contributed by atoms with Crippen LogP contribution in [-0.2, 0) is 4.79 Å². The molecule has 1 rings (SSSR count). The zero-order valence-corrected chi connectivity index (χ0v) is 11.6. The van der Waals surface area contributed by atoms with Gasteiger partial charge in [-0.05, 0) is 24.7 Å². The molecule has 0 aromatic heterocycles. The first-order valence-corrected chi connectivity index (χ1v) is 7.00. The van der Waals surface area contributed by atoms with E-state index in [-0.39, 0.29) is 17.4 Å². The fraction of sp³-hybridized carbons (Fsp3) is 0.929. The second-order valence-electron chi connectivity index (χ2n) is 6.11. The van der Waals surface area contributed by atoms with Gasteiger partial charge in [-0.15, -0.1) is 0 Å². The van der Waals surface area contributed by atoms with Crippen molar-refractivity contribution in [3.8, 4) is 0 Å². The lowest BCUT2D eigenvalue weighted by Crippen LogP contribution is -2.47. The first kappa shape index (κ1) is 14.5. The molecule has 100 valence electrons. The van der Waals surface area contributed by atoms with Gasteiger partial charge in [-0.2, -0.15) is 0 Å². The van der Waals surface area contributed by atoms with Crippen molar-refractivity contribution in [1.82, 2.24) is 5.32 Å². The fourth-order valence-corrected chi connectivity index (χ4v) is 2.73. The van der Waals surface area contributed by atoms with Gasteiger partial charge in [-0.25, -0.2) is 0 Å². The summed E-state index contributed by atoms with van der Waals surface area (Å²) in [4.78, 5) is 11.9. The van der Waals surface area contributed by atoms with Gasteiger partial charge < -0.3 is 11.1 Å². The largest absolute Gasteiger partial charge is 0.353 e. The number of nitrogens with one attached hydrogen (secondary N) is 1. The second-order valence-corrected chi connectivity index (χ2v) is 6.11. The molecular weight excluding hydrogens is 212 g/mol. The highest BCUT2D eigenvalue weighted by molar-refractivity contribution is 5.77. The number of amides is 1. The molecule has 0 radical (unpaired) electrons. The van der Waals surface area contributed by atoms with E-state index in [2.05, 4.69) is 26.1 Å². The van der Waals surface area contributed by atoms with Crippen LogP contribution in [0.3, 0.4) is 0 Å². The topological polar surface area (TPSA) is 55.1 Å². The molecule has 0 heterocycles. The molecule has 3 heteroatoms. The summed E-state index contributed by atoms with van der Waals surface area (Å²) >= 11 is 0. The average Bonchev–Trinajstić information content (AvgIpc) is 2.21. The van der Waals surface area contributed by atoms with Crippen molar-refractivity contribution in [3.05, 3.63) is 0 Å². The average molecular weight is 240 g/mol. The van der Waals surface area contributed by atoms with Crippen LogP contribution < -0.4 is 11.1 Å². The predicted molar refractivity (Wildman–Crippen MR) is 71.7 cm³/mol. The third-order valence-corrected chi connectivity index (χ3v) is 3.95. The van der Waals surface area contributed by atoms with Crippen molar-refractivity contribution < 1.29 is 4.79 Å². The molecule has 1 aliphatic carbocycles. The van der Waals surface area contributed by atoms with E-state index in [0.717, 1.165) is 19.3 Å². The van der Waals surface area contributed by atoms with Gasteiger partial charge in [0.1, 0.15) is 0 Å². The zero-order chi connectivity index (χ0) is 12.9. The lowest BCUT2D eigenvalue weighted by molar-refractivity contribution is -0.123. The molecule has 3 N–H and O–H groups in total. The van der Waals surface area contributed by atoms with Gasteiger partial charge in [-0.1, -0.05) is 40.0 Å². The van der Waals surface area contributed by atoms with Gasteiger partial charge in [0.15, 0.2) is 0 Å². The molecule has 2 atom stereocenters. The lowest BCUT2D eigenvalue weighted by atomic mass is 9.73. The van der Waals surface area contributed by atoms with Crippen molar-refractivity contribution in [3.63, 3.8) is 0 Å². The van der Waals surface area contributed by atoms with Crippen LogP contribution in [-0.4, -0.2) is 18.0 Å². The van der Waals surface area contributed by atoms with Crippen molar-refractivity contribution in [2.75, 3.05) is 0 Å². The van der Waals surface area contributed by atoms with E-state index in [1.807, 2.05) is 0 Å². The number of carbonyl (C=O) groups is 1. The Morgan fingerprint density at radius 1 is 1.47 bits per heavy atom. The van der Waals surface area contributed by atoms with Crippen LogP contribution in [0.15, 0.2) is 0 Å². The molecule has 0 saturated heterocycles. The normalized spacial score (nSPS) is 25.3. The van der Waals surface area contributed by atoms with E-state index < -0.39 is 0 Å². The van der Waals surface area contributed by atoms with Gasteiger partial charge in [0, 0.05) is 18.5 Å². The molecule has 1 aliphatic rings. The second kappa shape index (κ2) is 6.39. The maximum absolute atomic E-state index is 11.9. The summed E-state index contributed by atoms with van der Waals surface area (Å²) in [7, 11) is 0. The predicted octanol–water partition coefficient (Wildman–Crippen LogP) is 2.59. The summed E-state index contributed by atoms with van der Waals surface area (Å²) in [5, 5.41) is 3.18. The molecule has 0 aromatic rings. The maximum atomic E-state index is 11.9. The highest BCUT2D eigenvalue weighted by atomic mass is 16.1. The van der Waals surface area contributed by atoms with Crippen molar-refractivity contribution in [1.29, 1.82) is 0 Å². The summed E-state index contributed by atoms with van der Waals surface area (Å²) in [6, 6.07) is 0.351. The summed E-state index contributed by atoms with van der Waals surface area (Å²) in [5.41, 5.74) is 6.14. The molecular formula is C14H28N2O. The van der Waals surface area contributed by atoms with Gasteiger partial charge in [-0.3, -0.25) is 4.79 Å². The van der Waals surface area contributed by atoms with Crippen LogP contribution in [0.2, 0.25) is 0 Å². The zero-order valence-electron chi connectivity index (χ0n) is 11.6. The van der Waals surface area contributed by atoms with Crippen LogP contribution in [0.1, 0.15) is 65.7 Å². The van der Waals surface area contributed by atoms with E-state index in [4.69, 9.17) is 5.73 Å². The van der Waals surface area contributed by atoms with E-state index in [0.29, 0.717) is 12.5 Å². The van der Waals surface area contributed by atoms with Crippen LogP contribution in [0.25, 0.3) is 0 Å². The van der Waals surface area contributed by atoms with E-state index in [1.54, 1.807) is 0 Å². The maximum Gasteiger partial charge on any atom is 0.221 e. The molecule has 1 fully saturated rings. The van der Waals surface area contributed by atoms with E-state index in [9.17, 15) is 4.79 Å². The SMILES string of the molecule is CCCC(N)CC(=O)NC1CCCCC1(C)C. The lowest BCUT2D eigenvalue weighted by Gasteiger charge is -2.39. The Bertz CT molecular complexity index is 251. The minimum absolute atomic E-state index is 0.0201. The summed E-state index contributed by atoms with van der Waals surface area (Å²) < 4.78 is 0. The van der Waals surface area contributed by atoms with Crippen molar-refractivity contribution in [2.24, 2.45) is 11.1 Å². The van der Waals surface area contributed by atoms with Gasteiger partial charge in [0.05, 0.1) is 0 Å². The molecule has 2 unspecified atom stereocenters. The smallest absolute Gasteiger partial charge is 0.221 e. The highest BCUT2D eigenvalue weighted by Gasteiger charge is 2.33. The van der Waals surface area contributed by atoms with Crippen molar-refractivity contribution in [2.45, 2.75) is 77.8 Å². The monoisotopic (exact) mass is 240 g/mol. The summed E-state index contributed by atoms with van der Waals surface area (Å²) in [6.07, 6.45) is 7.29. The molecule has 3 nitrogen and oxygen atoms in total. The van der Waals surface area contributed by atoms with Crippen molar-refractivity contribution >= 4 is 5.91 Å². The number of hydrogen-bond acceptors (Lipinski definition) is 2. The number of hydrogen-bond donors (Lipinski definition) is 2. The number of nitrogens with two attached hydrogens (primary N) is 1. The standard InChI is InChI=1S/C14H28N2O/c1-4-7-11(15)10-13(17)16-12-8-5-6-9-14(12,2)3/h11-12H,4-10,15H2,1-3H3,(H,16,17). The van der Waals surface area contributed by atoms with E-state index >= 15 is 0 Å². The van der Waals surface area contributed by atoms with Crippen LogP contribution in [0.4, 0.5) is 0 Å². The third kappa shape index (κ3) is 4.66. The fourth-order valence-electron chi connectivity index (χ4n) is 2.73. The number of rotatable bonds is 5. The molecule has 0 spiro atoms. The van der Waals surface area contributed by atoms with Crippen LogP contribution in [0.5, 0.6) is 0 Å². The molecule has 0 bridgehead atoms. The Kier molecular flexibility index (Phi) is 5.44. The summed E-state index contributed by atoms with van der Waals surface area (Å²) in [6.45, 7) is 6.61.